The van der Waals surface area contributed by atoms with Crippen LogP contribution in [-0.4, -0.2) is 18.9 Å². The molecule has 0 spiro atoms. The van der Waals surface area contributed by atoms with Crippen molar-refractivity contribution < 1.29 is 14.3 Å². The van der Waals surface area contributed by atoms with E-state index in [0.717, 1.165) is 17.5 Å². The Hall–Kier alpha value is -3.57. The number of anilines is 2. The number of nitrogens with one attached hydrogen (secondary N) is 1. The van der Waals surface area contributed by atoms with Crippen molar-refractivity contribution in [2.75, 3.05) is 17.3 Å². The van der Waals surface area contributed by atoms with E-state index in [1.54, 1.807) is 55.6 Å². The van der Waals surface area contributed by atoms with Gasteiger partial charge in [-0.2, -0.15) is 0 Å². The predicted molar refractivity (Wildman–Crippen MR) is 128 cm³/mol. The molecule has 0 bridgehead atoms. The van der Waals surface area contributed by atoms with Gasteiger partial charge >= 0.3 is 0 Å². The molecule has 3 aromatic carbocycles. The number of carbonyl (C=O) groups is 2. The second kappa shape index (κ2) is 8.89. The van der Waals surface area contributed by atoms with Gasteiger partial charge in [0.1, 0.15) is 11.4 Å². The Morgan fingerprint density at radius 3 is 2.25 bits per heavy atom. The van der Waals surface area contributed by atoms with Gasteiger partial charge in [0.2, 0.25) is 0 Å². The minimum Gasteiger partial charge on any atom is -0.497 e. The van der Waals surface area contributed by atoms with Crippen LogP contribution in [0, 0.1) is 6.92 Å². The fourth-order valence-electron chi connectivity index (χ4n) is 3.65. The standard InChI is InChI=1S/C26H23ClN2O3/c1-4-17-6-11-20(12-7-17)29-25(30)23(18-8-13-21(32-3)14-9-18)24(26(29)31)28-22-15-19(27)10-5-16(22)2/h5-15,28H,4H2,1-3H3. The zero-order chi connectivity index (χ0) is 22.8. The first-order valence-corrected chi connectivity index (χ1v) is 10.7. The molecule has 0 aromatic heterocycles. The summed E-state index contributed by atoms with van der Waals surface area (Å²) in [7, 11) is 1.58. The van der Waals surface area contributed by atoms with Crippen LogP contribution in [0.1, 0.15) is 23.6 Å². The Balaban J connectivity index is 1.81. The number of halogens is 1. The highest BCUT2D eigenvalue weighted by molar-refractivity contribution is 6.46. The van der Waals surface area contributed by atoms with E-state index in [0.29, 0.717) is 33.3 Å². The Kier molecular flexibility index (Phi) is 6.01. The van der Waals surface area contributed by atoms with Crippen molar-refractivity contribution in [3.05, 3.63) is 94.1 Å². The smallest absolute Gasteiger partial charge is 0.282 e. The maximum atomic E-state index is 13.5. The first-order valence-electron chi connectivity index (χ1n) is 10.3. The molecule has 0 atom stereocenters. The molecule has 32 heavy (non-hydrogen) atoms. The molecular weight excluding hydrogens is 424 g/mol. The molecule has 1 aliphatic heterocycles. The molecule has 162 valence electrons. The summed E-state index contributed by atoms with van der Waals surface area (Å²) in [5.74, 6) is -0.130. The Morgan fingerprint density at radius 1 is 0.938 bits per heavy atom. The van der Waals surface area contributed by atoms with Crippen molar-refractivity contribution in [3.63, 3.8) is 0 Å². The normalized spacial score (nSPS) is 13.7. The average molecular weight is 447 g/mol. The fourth-order valence-corrected chi connectivity index (χ4v) is 3.82. The number of benzene rings is 3. The molecule has 1 N–H and O–H groups in total. The lowest BCUT2D eigenvalue weighted by molar-refractivity contribution is -0.120. The third-order valence-corrected chi connectivity index (χ3v) is 5.76. The van der Waals surface area contributed by atoms with E-state index in [-0.39, 0.29) is 11.6 Å². The van der Waals surface area contributed by atoms with E-state index in [9.17, 15) is 9.59 Å². The van der Waals surface area contributed by atoms with Gasteiger partial charge in [0.05, 0.1) is 18.4 Å². The van der Waals surface area contributed by atoms with Crippen LogP contribution >= 0.6 is 11.6 Å². The molecule has 1 aliphatic rings. The Morgan fingerprint density at radius 2 is 1.62 bits per heavy atom. The lowest BCUT2D eigenvalue weighted by atomic mass is 10.0. The number of hydrogen-bond acceptors (Lipinski definition) is 4. The summed E-state index contributed by atoms with van der Waals surface area (Å²) in [5.41, 5.74) is 4.37. The summed E-state index contributed by atoms with van der Waals surface area (Å²) in [6.07, 6.45) is 0.873. The van der Waals surface area contributed by atoms with Crippen molar-refractivity contribution in [1.29, 1.82) is 0 Å². The van der Waals surface area contributed by atoms with Crippen molar-refractivity contribution in [3.8, 4) is 5.75 Å². The number of methoxy groups -OCH3 is 1. The van der Waals surface area contributed by atoms with Crippen molar-refractivity contribution in [1.82, 2.24) is 0 Å². The largest absolute Gasteiger partial charge is 0.497 e. The number of carbonyl (C=O) groups excluding carboxylic acids is 2. The van der Waals surface area contributed by atoms with Crippen LogP contribution in [0.15, 0.2) is 72.4 Å². The molecule has 0 saturated heterocycles. The number of amides is 2. The summed E-state index contributed by atoms with van der Waals surface area (Å²) in [6.45, 7) is 3.97. The van der Waals surface area contributed by atoms with E-state index in [2.05, 4.69) is 12.2 Å². The minimum absolute atomic E-state index is 0.213. The highest BCUT2D eigenvalue weighted by atomic mass is 35.5. The number of hydrogen-bond donors (Lipinski definition) is 1. The van der Waals surface area contributed by atoms with E-state index in [1.165, 1.54) is 4.90 Å². The third kappa shape index (κ3) is 3.99. The van der Waals surface area contributed by atoms with Crippen molar-refractivity contribution in [2.45, 2.75) is 20.3 Å². The monoisotopic (exact) mass is 446 g/mol. The number of ether oxygens (including phenoxy) is 1. The maximum absolute atomic E-state index is 13.5. The predicted octanol–water partition coefficient (Wildman–Crippen LogP) is 5.62. The van der Waals surface area contributed by atoms with Gasteiger partial charge in [0.15, 0.2) is 0 Å². The molecule has 3 aromatic rings. The molecule has 6 heteroatoms. The lowest BCUT2D eigenvalue weighted by Gasteiger charge is -2.16. The minimum atomic E-state index is -0.413. The van der Waals surface area contributed by atoms with Gasteiger partial charge in [-0.25, -0.2) is 4.90 Å². The molecule has 1 heterocycles. The highest BCUT2D eigenvalue weighted by Gasteiger charge is 2.40. The SMILES string of the molecule is CCc1ccc(N2C(=O)C(Nc3cc(Cl)ccc3C)=C(c3ccc(OC)cc3)C2=O)cc1. The molecule has 0 aliphatic carbocycles. The van der Waals surface area contributed by atoms with Crippen molar-refractivity contribution >= 4 is 40.4 Å². The fraction of sp³-hybridized carbons (Fsp3) is 0.154. The maximum Gasteiger partial charge on any atom is 0.282 e. The average Bonchev–Trinajstić information content (AvgIpc) is 3.05. The summed E-state index contributed by atoms with van der Waals surface area (Å²) in [5, 5.41) is 3.72. The molecule has 0 saturated carbocycles. The summed E-state index contributed by atoms with van der Waals surface area (Å²) < 4.78 is 5.23. The van der Waals surface area contributed by atoms with Crippen LogP contribution in [0.3, 0.4) is 0 Å². The number of rotatable bonds is 6. The molecule has 0 radical (unpaired) electrons. The summed E-state index contributed by atoms with van der Waals surface area (Å²) in [6, 6.07) is 19.9. The van der Waals surface area contributed by atoms with Gasteiger partial charge in [-0.15, -0.1) is 0 Å². The second-order valence-corrected chi connectivity index (χ2v) is 7.96. The number of imide groups is 1. The zero-order valence-electron chi connectivity index (χ0n) is 18.1. The van der Waals surface area contributed by atoms with Gasteiger partial charge in [-0.05, 0) is 66.4 Å². The number of aryl methyl sites for hydroxylation is 2. The summed E-state index contributed by atoms with van der Waals surface area (Å²) in [4.78, 5) is 28.2. The van der Waals surface area contributed by atoms with E-state index < -0.39 is 5.91 Å². The quantitative estimate of drug-likeness (QED) is 0.499. The van der Waals surface area contributed by atoms with Gasteiger partial charge in [0, 0.05) is 10.7 Å². The van der Waals surface area contributed by atoms with Gasteiger partial charge in [-0.3, -0.25) is 9.59 Å². The van der Waals surface area contributed by atoms with E-state index in [1.807, 2.05) is 25.1 Å². The Labute approximate surface area is 192 Å². The molecule has 0 fully saturated rings. The highest BCUT2D eigenvalue weighted by Crippen LogP contribution is 2.35. The zero-order valence-corrected chi connectivity index (χ0v) is 18.9. The van der Waals surface area contributed by atoms with Crippen LogP contribution < -0.4 is 15.0 Å². The lowest BCUT2D eigenvalue weighted by Crippen LogP contribution is -2.32. The van der Waals surface area contributed by atoms with Crippen LogP contribution in [0.5, 0.6) is 5.75 Å². The molecule has 2 amide bonds. The van der Waals surface area contributed by atoms with E-state index in [4.69, 9.17) is 16.3 Å². The summed E-state index contributed by atoms with van der Waals surface area (Å²) >= 11 is 6.17. The first kappa shape index (κ1) is 21.7. The van der Waals surface area contributed by atoms with Crippen LogP contribution in [0.4, 0.5) is 11.4 Å². The van der Waals surface area contributed by atoms with Gasteiger partial charge in [-0.1, -0.05) is 48.9 Å². The van der Waals surface area contributed by atoms with Gasteiger partial charge in [0.25, 0.3) is 11.8 Å². The topological polar surface area (TPSA) is 58.6 Å². The van der Waals surface area contributed by atoms with E-state index >= 15 is 0 Å². The van der Waals surface area contributed by atoms with Crippen LogP contribution in [-0.2, 0) is 16.0 Å². The van der Waals surface area contributed by atoms with Crippen LogP contribution in [0.25, 0.3) is 5.57 Å². The number of nitrogens with zero attached hydrogens (tertiary/aromatic N) is 1. The molecular formula is C26H23ClN2O3. The van der Waals surface area contributed by atoms with Crippen molar-refractivity contribution in [2.24, 2.45) is 0 Å². The molecule has 4 rings (SSSR count). The second-order valence-electron chi connectivity index (χ2n) is 7.53. The molecule has 0 unspecified atom stereocenters. The first-order chi connectivity index (χ1) is 15.4. The Bertz CT molecular complexity index is 1210. The van der Waals surface area contributed by atoms with Crippen LogP contribution in [0.2, 0.25) is 5.02 Å². The molecule has 5 nitrogen and oxygen atoms in total. The van der Waals surface area contributed by atoms with Gasteiger partial charge < -0.3 is 10.1 Å². The third-order valence-electron chi connectivity index (χ3n) is 5.52.